The van der Waals surface area contributed by atoms with Gasteiger partial charge in [0.25, 0.3) is 0 Å². The fourth-order valence-corrected chi connectivity index (χ4v) is 10.0. The maximum atomic E-state index is 14.8. The molecular weight excluding hydrogens is 512 g/mol. The van der Waals surface area contributed by atoms with Crippen LogP contribution in [0.2, 0.25) is 0 Å². The number of esters is 1. The normalized spacial score (nSPS) is 30.7. The van der Waals surface area contributed by atoms with Crippen molar-refractivity contribution < 1.29 is 24.2 Å². The zero-order valence-electron chi connectivity index (χ0n) is 25.1. The fraction of sp³-hybridized carbons (Fsp3) is 0.774. The van der Waals surface area contributed by atoms with Gasteiger partial charge in [-0.2, -0.15) is 0 Å². The molecule has 3 rings (SSSR count). The van der Waals surface area contributed by atoms with Crippen molar-refractivity contribution in [3.63, 3.8) is 0 Å². The first-order valence-corrected chi connectivity index (χ1v) is 15.4. The summed E-state index contributed by atoms with van der Waals surface area (Å²) in [6.45, 7) is 22.7. The Morgan fingerprint density at radius 3 is 2.46 bits per heavy atom. The van der Waals surface area contributed by atoms with E-state index in [0.29, 0.717) is 19.4 Å². The first-order valence-electron chi connectivity index (χ1n) is 14.5. The molecular formula is C31H50N2O5S. The monoisotopic (exact) mass is 562 g/mol. The SMILES string of the molecule is C=CCCCOC(=O)[C@@H]1[C@@H]2CC(C)C3(S2)C(C(=O)N(CC=C)C(C)(C)CC(C)(C)C)N([C@@H](CC)CO)C(=O)[C@H]13. The third kappa shape index (κ3) is 5.70. The molecule has 1 N–H and O–H groups in total. The van der Waals surface area contributed by atoms with Gasteiger partial charge in [-0.1, -0.05) is 46.8 Å². The van der Waals surface area contributed by atoms with E-state index in [1.165, 1.54) is 0 Å². The van der Waals surface area contributed by atoms with E-state index in [0.717, 1.165) is 19.3 Å². The Morgan fingerprint density at radius 2 is 1.92 bits per heavy atom. The molecule has 0 aromatic heterocycles. The minimum absolute atomic E-state index is 0.0272. The van der Waals surface area contributed by atoms with E-state index >= 15 is 0 Å². The van der Waals surface area contributed by atoms with Gasteiger partial charge < -0.3 is 19.6 Å². The van der Waals surface area contributed by atoms with Crippen LogP contribution in [0.1, 0.15) is 80.6 Å². The highest BCUT2D eigenvalue weighted by Gasteiger charge is 2.77. The van der Waals surface area contributed by atoms with Crippen LogP contribution < -0.4 is 0 Å². The number of amides is 2. The van der Waals surface area contributed by atoms with Gasteiger partial charge in [-0.25, -0.2) is 0 Å². The van der Waals surface area contributed by atoms with Gasteiger partial charge in [0.15, 0.2) is 0 Å². The minimum Gasteiger partial charge on any atom is -0.465 e. The molecule has 7 nitrogen and oxygen atoms in total. The van der Waals surface area contributed by atoms with E-state index in [9.17, 15) is 19.5 Å². The van der Waals surface area contributed by atoms with E-state index in [4.69, 9.17) is 4.74 Å². The summed E-state index contributed by atoms with van der Waals surface area (Å²) >= 11 is 1.64. The number of aliphatic hydroxyl groups is 1. The average Bonchev–Trinajstić information content (AvgIpc) is 3.43. The molecule has 220 valence electrons. The molecule has 3 aliphatic heterocycles. The molecule has 3 fully saturated rings. The molecule has 3 aliphatic rings. The van der Waals surface area contributed by atoms with Crippen LogP contribution >= 0.6 is 11.8 Å². The molecule has 0 aromatic rings. The molecule has 1 spiro atoms. The van der Waals surface area contributed by atoms with Crippen LogP contribution in [0.5, 0.6) is 0 Å². The standard InChI is InChI=1S/C31H50N2O5S/c1-10-13-14-16-38-28(37)23-22-17-20(4)31(39-22)24(23)26(35)33(21(12-3)18-34)25(31)27(36)32(15-11-2)30(8,9)19-29(5,6)7/h10-11,20-25,34H,1-2,12-19H2,3-9H3/t20?,21-,22-,23+,24-,25?,31?/m0/s1. The zero-order valence-corrected chi connectivity index (χ0v) is 25.9. The lowest BCUT2D eigenvalue weighted by Crippen LogP contribution is -2.62. The number of allylic oxidation sites excluding steroid dienone is 1. The van der Waals surface area contributed by atoms with Crippen LogP contribution in [-0.4, -0.2) is 80.1 Å². The van der Waals surface area contributed by atoms with Gasteiger partial charge in [-0.05, 0) is 57.3 Å². The third-order valence-corrected chi connectivity index (χ3v) is 10.9. The Kier molecular flexibility index (Phi) is 9.74. The van der Waals surface area contributed by atoms with Crippen molar-refractivity contribution in [2.24, 2.45) is 23.2 Å². The van der Waals surface area contributed by atoms with Crippen molar-refractivity contribution in [2.45, 2.75) is 108 Å². The van der Waals surface area contributed by atoms with E-state index < -0.39 is 34.2 Å². The Bertz CT molecular complexity index is 955. The summed E-state index contributed by atoms with van der Waals surface area (Å²) < 4.78 is 4.93. The predicted molar refractivity (Wildman–Crippen MR) is 157 cm³/mol. The van der Waals surface area contributed by atoms with E-state index in [-0.39, 0.29) is 47.6 Å². The maximum Gasteiger partial charge on any atom is 0.310 e. The summed E-state index contributed by atoms with van der Waals surface area (Å²) in [7, 11) is 0. The lowest BCUT2D eigenvalue weighted by molar-refractivity contribution is -0.155. The highest BCUT2D eigenvalue weighted by atomic mass is 32.2. The molecule has 3 heterocycles. The number of nitrogens with zero attached hydrogens (tertiary/aromatic N) is 2. The van der Waals surface area contributed by atoms with Crippen LogP contribution in [0, 0.1) is 23.2 Å². The number of rotatable bonds is 13. The van der Waals surface area contributed by atoms with E-state index in [2.05, 4.69) is 54.7 Å². The molecule has 0 aliphatic carbocycles. The predicted octanol–water partition coefficient (Wildman–Crippen LogP) is 4.83. The van der Waals surface area contributed by atoms with Gasteiger partial charge >= 0.3 is 5.97 Å². The summed E-state index contributed by atoms with van der Waals surface area (Å²) in [6, 6.07) is -1.27. The Labute approximate surface area is 239 Å². The van der Waals surface area contributed by atoms with Crippen LogP contribution in [0.4, 0.5) is 0 Å². The number of fused-ring (bicyclic) bond motifs is 1. The van der Waals surface area contributed by atoms with Crippen molar-refractivity contribution in [1.82, 2.24) is 9.80 Å². The number of thioether (sulfide) groups is 1. The lowest BCUT2D eigenvalue weighted by atomic mass is 9.66. The number of carbonyl (C=O) groups excluding carboxylic acids is 3. The molecule has 2 amide bonds. The van der Waals surface area contributed by atoms with Gasteiger partial charge in [0.05, 0.1) is 35.8 Å². The van der Waals surface area contributed by atoms with Gasteiger partial charge in [-0.3, -0.25) is 14.4 Å². The molecule has 8 heteroatoms. The van der Waals surface area contributed by atoms with Crippen molar-refractivity contribution >= 4 is 29.5 Å². The van der Waals surface area contributed by atoms with Crippen LogP contribution in [0.3, 0.4) is 0 Å². The van der Waals surface area contributed by atoms with Crippen molar-refractivity contribution in [1.29, 1.82) is 0 Å². The van der Waals surface area contributed by atoms with Crippen molar-refractivity contribution in [2.75, 3.05) is 19.8 Å². The summed E-state index contributed by atoms with van der Waals surface area (Å²) in [6.07, 6.45) is 7.01. The number of ether oxygens (including phenoxy) is 1. The zero-order chi connectivity index (χ0) is 29.3. The highest BCUT2D eigenvalue weighted by molar-refractivity contribution is 8.02. The van der Waals surface area contributed by atoms with E-state index in [1.54, 1.807) is 28.8 Å². The topological polar surface area (TPSA) is 87.2 Å². The molecule has 2 bridgehead atoms. The Hall–Kier alpha value is -1.80. The minimum atomic E-state index is -0.769. The number of unbranched alkanes of at least 4 members (excludes halogenated alkanes) is 1. The average molecular weight is 563 g/mol. The summed E-state index contributed by atoms with van der Waals surface area (Å²) in [5.74, 6) is -1.84. The van der Waals surface area contributed by atoms with E-state index in [1.807, 2.05) is 11.8 Å². The molecule has 0 radical (unpaired) electrons. The summed E-state index contributed by atoms with van der Waals surface area (Å²) in [4.78, 5) is 46.1. The molecule has 39 heavy (non-hydrogen) atoms. The van der Waals surface area contributed by atoms with Gasteiger partial charge in [0.1, 0.15) is 6.04 Å². The Balaban J connectivity index is 2.09. The first-order chi connectivity index (χ1) is 18.2. The number of hydrogen-bond acceptors (Lipinski definition) is 6. The van der Waals surface area contributed by atoms with Gasteiger partial charge in [0.2, 0.25) is 11.8 Å². The number of carbonyl (C=O) groups is 3. The number of aliphatic hydroxyl groups excluding tert-OH is 1. The van der Waals surface area contributed by atoms with Gasteiger partial charge in [0, 0.05) is 17.3 Å². The molecule has 0 aromatic carbocycles. The molecule has 3 unspecified atom stereocenters. The van der Waals surface area contributed by atoms with Crippen molar-refractivity contribution in [3.05, 3.63) is 25.3 Å². The van der Waals surface area contributed by atoms with Gasteiger partial charge in [-0.15, -0.1) is 24.9 Å². The summed E-state index contributed by atoms with van der Waals surface area (Å²) in [5, 5.41) is 10.3. The second-order valence-electron chi connectivity index (χ2n) is 13.4. The first kappa shape index (κ1) is 31.7. The molecule has 7 atom stereocenters. The van der Waals surface area contributed by atoms with Crippen LogP contribution in [0.25, 0.3) is 0 Å². The summed E-state index contributed by atoms with van der Waals surface area (Å²) in [5.41, 5.74) is -0.525. The largest absolute Gasteiger partial charge is 0.465 e. The highest BCUT2D eigenvalue weighted by Crippen LogP contribution is 2.69. The number of likely N-dealkylation sites (tertiary alicyclic amines) is 1. The fourth-order valence-electron chi connectivity index (χ4n) is 7.62. The van der Waals surface area contributed by atoms with Crippen molar-refractivity contribution in [3.8, 4) is 0 Å². The quantitative estimate of drug-likeness (QED) is 0.197. The Morgan fingerprint density at radius 1 is 1.26 bits per heavy atom. The molecule has 0 saturated carbocycles. The maximum absolute atomic E-state index is 14.8. The third-order valence-electron chi connectivity index (χ3n) is 8.83. The lowest BCUT2D eigenvalue weighted by Gasteiger charge is -2.47. The smallest absolute Gasteiger partial charge is 0.310 e. The second kappa shape index (κ2) is 12.0. The van der Waals surface area contributed by atoms with Crippen LogP contribution in [0.15, 0.2) is 25.3 Å². The number of hydrogen-bond donors (Lipinski definition) is 1. The second-order valence-corrected chi connectivity index (χ2v) is 15.0. The molecule has 3 saturated heterocycles. The van der Waals surface area contributed by atoms with Crippen LogP contribution in [-0.2, 0) is 19.1 Å².